The van der Waals surface area contributed by atoms with Crippen LogP contribution in [0.15, 0.2) is 211 Å². The molecule has 0 aromatic heterocycles. The first-order valence-corrected chi connectivity index (χ1v) is 26.0. The van der Waals surface area contributed by atoms with E-state index in [0.717, 1.165) is 58.0 Å². The van der Waals surface area contributed by atoms with Crippen LogP contribution < -0.4 is 73.8 Å². The fraction of sp³-hybridized carbons (Fsp3) is 0.0943. The van der Waals surface area contributed by atoms with Gasteiger partial charge >= 0.3 is 59.1 Å². The summed E-state index contributed by atoms with van der Waals surface area (Å²) in [6.07, 6.45) is 1.53. The maximum absolute atomic E-state index is 13.5. The summed E-state index contributed by atoms with van der Waals surface area (Å²) in [5, 5.41) is 13.6. The number of sulfone groups is 2. The fourth-order valence-electron chi connectivity index (χ4n) is 7.25. The molecule has 12 nitrogen and oxygen atoms in total. The Balaban J connectivity index is 0.00000312. The molecule has 0 radical (unpaired) electrons. The molecular weight excluding hydrogens is 1000 g/mol. The van der Waals surface area contributed by atoms with Gasteiger partial charge in [-0.15, -0.1) is 0 Å². The minimum Gasteiger partial charge on any atom is -0.744 e. The van der Waals surface area contributed by atoms with E-state index in [4.69, 9.17) is 9.47 Å². The fourth-order valence-corrected chi connectivity index (χ4v) is 11.1. The predicted octanol–water partition coefficient (Wildman–Crippen LogP) is 5.51. The summed E-state index contributed by atoms with van der Waals surface area (Å²) in [7, 11) is -13.3. The van der Waals surface area contributed by atoms with Gasteiger partial charge in [-0.05, 0) is 155 Å². The maximum Gasteiger partial charge on any atom is 1.00 e. The molecule has 0 bridgehead atoms. The molecule has 8 aromatic rings. The number of hydrogen-bond donors (Lipinski definition) is 0. The molecular formula is C53H44Na2O12S4. The van der Waals surface area contributed by atoms with E-state index < -0.39 is 39.6 Å². The van der Waals surface area contributed by atoms with E-state index in [1.54, 1.807) is 67.6 Å². The summed E-state index contributed by atoms with van der Waals surface area (Å²) in [5.41, 5.74) is 7.62. The molecule has 0 saturated carbocycles. The van der Waals surface area contributed by atoms with Gasteiger partial charge in [0.15, 0.2) is 0 Å². The first-order valence-electron chi connectivity index (χ1n) is 20.9. The Morgan fingerprint density at radius 3 is 1.34 bits per heavy atom. The van der Waals surface area contributed by atoms with Crippen LogP contribution >= 0.6 is 12.0 Å². The van der Waals surface area contributed by atoms with Crippen LogP contribution in [-0.4, -0.2) is 29.8 Å². The van der Waals surface area contributed by atoms with Crippen LogP contribution in [-0.2, 0) is 52.0 Å². The van der Waals surface area contributed by atoms with E-state index in [1.807, 2.05) is 48.5 Å². The minimum atomic E-state index is -5.21. The summed E-state index contributed by atoms with van der Waals surface area (Å²) < 4.78 is 107. The Bertz CT molecular complexity index is 3410. The van der Waals surface area contributed by atoms with Gasteiger partial charge in [0.25, 0.3) is 0 Å². The van der Waals surface area contributed by atoms with Crippen LogP contribution in [0.3, 0.4) is 0 Å². The van der Waals surface area contributed by atoms with Gasteiger partial charge in [0.2, 0.25) is 19.7 Å². The van der Waals surface area contributed by atoms with Crippen molar-refractivity contribution in [1.82, 2.24) is 0 Å². The summed E-state index contributed by atoms with van der Waals surface area (Å²) in [5.74, 6) is 0.974. The molecule has 354 valence electrons. The molecule has 0 saturated heterocycles. The molecule has 71 heavy (non-hydrogen) atoms. The van der Waals surface area contributed by atoms with Crippen LogP contribution in [0.1, 0.15) is 36.6 Å². The zero-order chi connectivity index (χ0) is 48.1. The molecule has 0 heterocycles. The van der Waals surface area contributed by atoms with E-state index in [1.165, 1.54) is 35.9 Å². The zero-order valence-corrected chi connectivity index (χ0v) is 45.5. The quantitative estimate of drug-likeness (QED) is 0.0366. The third kappa shape index (κ3) is 13.9. The molecule has 0 atom stereocenters. The van der Waals surface area contributed by atoms with Gasteiger partial charge in [-0.25, -0.2) is 25.3 Å². The molecule has 0 aliphatic heterocycles. The number of benzene rings is 8. The van der Waals surface area contributed by atoms with Crippen LogP contribution in [0, 0.1) is 6.92 Å². The van der Waals surface area contributed by atoms with Crippen molar-refractivity contribution in [2.24, 2.45) is 0 Å². The van der Waals surface area contributed by atoms with Crippen molar-refractivity contribution in [2.45, 2.75) is 63.5 Å². The molecule has 0 N–H and O–H groups in total. The van der Waals surface area contributed by atoms with E-state index in [0.29, 0.717) is 35.5 Å². The predicted molar refractivity (Wildman–Crippen MR) is 260 cm³/mol. The molecule has 18 heteroatoms. The first-order chi connectivity index (χ1) is 32.6. The Hall–Kier alpha value is -4.60. The molecule has 0 aliphatic carbocycles. The SMILES string of the molecule is C.CCc1ccc(-c2ccc(Oc3ccc(S(=O)(=O)c4ccc(Cc5ccc(-c6ccc(Oc7ccc(S(=O)(=O)c8ccc(C)c(SOO[O-])c8)cc7S(=O)(=O)[O-])cc6)cc5)cc4)cc3)cc2)cc1.[Na+].[Na+]. The molecule has 0 unspecified atom stereocenters. The second-order valence-electron chi connectivity index (χ2n) is 15.5. The molecule has 8 rings (SSSR count). The average Bonchev–Trinajstić information content (AvgIpc) is 3.34. The minimum absolute atomic E-state index is 0. The van der Waals surface area contributed by atoms with Gasteiger partial charge < -0.3 is 19.3 Å². The number of hydrogen-bond acceptors (Lipinski definition) is 13. The van der Waals surface area contributed by atoms with Crippen molar-refractivity contribution in [1.29, 1.82) is 0 Å². The topological polar surface area (TPSA) is 185 Å². The summed E-state index contributed by atoms with van der Waals surface area (Å²) >= 11 is 0.501. The Kier molecular flexibility index (Phi) is 20.1. The van der Waals surface area contributed by atoms with E-state index in [2.05, 4.69) is 40.6 Å². The molecule has 0 aliphatic rings. The second-order valence-corrected chi connectivity index (χ2v) is 21.5. The Labute approximate surface area is 463 Å². The number of rotatable bonds is 17. The van der Waals surface area contributed by atoms with Crippen LogP contribution in [0.2, 0.25) is 0 Å². The van der Waals surface area contributed by atoms with E-state index >= 15 is 0 Å². The van der Waals surface area contributed by atoms with Crippen molar-refractivity contribution in [3.8, 4) is 45.3 Å². The smallest absolute Gasteiger partial charge is 0.744 e. The Morgan fingerprint density at radius 1 is 0.479 bits per heavy atom. The summed E-state index contributed by atoms with van der Waals surface area (Å²) in [4.78, 5) is -1.01. The van der Waals surface area contributed by atoms with E-state index in [-0.39, 0.29) is 97.6 Å². The third-order valence-electron chi connectivity index (χ3n) is 11.0. The van der Waals surface area contributed by atoms with Crippen molar-refractivity contribution < 1.29 is 113 Å². The van der Waals surface area contributed by atoms with Gasteiger partial charge in [0.1, 0.15) is 33.1 Å². The van der Waals surface area contributed by atoms with Crippen LogP contribution in [0.5, 0.6) is 23.0 Å². The summed E-state index contributed by atoms with van der Waals surface area (Å²) in [6.45, 7) is 3.78. The average molecular weight is 1050 g/mol. The van der Waals surface area contributed by atoms with E-state index in [9.17, 15) is 35.1 Å². The number of aryl methyl sites for hydroxylation is 2. The van der Waals surface area contributed by atoms with Crippen molar-refractivity contribution in [2.75, 3.05) is 0 Å². The standard InChI is InChI=1S/C52H42O12S4.CH4.2Na/c1-3-36-5-11-39(12-6-36)41-15-19-43(20-16-41)61-44-23-28-47(29-24-44)66(54,55)46-26-9-38(10-27-46)32-37-7-13-40(14-8-37)42-17-21-45(22-18-42)62-50-31-30-49(34-52(50)68(58,59)60)67(56,57)48-25-4-35(2)51(33-48)65-64-63-53;;;/h4-31,33-34,53H,3,32H2,1-2H3,(H,58,59,60);1H4;;/q;;2*+1/p-2. The first kappa shape index (κ1) is 57.3. The van der Waals surface area contributed by atoms with Gasteiger partial charge in [0, 0.05) is 4.90 Å². The summed E-state index contributed by atoms with van der Waals surface area (Å²) in [6, 6.07) is 50.7. The molecule has 8 aromatic carbocycles. The largest absolute Gasteiger partial charge is 1.00 e. The monoisotopic (exact) mass is 1050 g/mol. The normalized spacial score (nSPS) is 11.4. The van der Waals surface area contributed by atoms with Crippen LogP contribution in [0.25, 0.3) is 22.3 Å². The molecule has 0 amide bonds. The van der Waals surface area contributed by atoms with Gasteiger partial charge in [-0.2, -0.15) is 4.33 Å². The molecule has 0 spiro atoms. The zero-order valence-electron chi connectivity index (χ0n) is 38.3. The van der Waals surface area contributed by atoms with Gasteiger partial charge in [-0.3, -0.25) is 5.04 Å². The van der Waals surface area contributed by atoms with Crippen molar-refractivity contribution in [3.63, 3.8) is 0 Å². The third-order valence-corrected chi connectivity index (χ3v) is 16.2. The maximum atomic E-state index is 13.5. The van der Waals surface area contributed by atoms with Crippen molar-refractivity contribution >= 4 is 41.8 Å². The Morgan fingerprint density at radius 2 is 0.859 bits per heavy atom. The van der Waals surface area contributed by atoms with Crippen LogP contribution in [0.4, 0.5) is 0 Å². The second kappa shape index (κ2) is 24.9. The van der Waals surface area contributed by atoms with Crippen molar-refractivity contribution in [3.05, 3.63) is 204 Å². The molecule has 0 fully saturated rings. The number of ether oxygens (including phenoxy) is 2. The van der Waals surface area contributed by atoms with Gasteiger partial charge in [-0.1, -0.05) is 105 Å². The van der Waals surface area contributed by atoms with Gasteiger partial charge in [0.05, 0.1) is 36.5 Å².